The lowest BCUT2D eigenvalue weighted by Crippen LogP contribution is -2.39. The predicted molar refractivity (Wildman–Crippen MR) is 148 cm³/mol. The van der Waals surface area contributed by atoms with Gasteiger partial charge in [-0.2, -0.15) is 0 Å². The smallest absolute Gasteiger partial charge is 0.508 e. The number of amides is 2. The summed E-state index contributed by atoms with van der Waals surface area (Å²) in [5, 5.41) is 10.8. The molecular weight excluding hydrogens is 635 g/mol. The summed E-state index contributed by atoms with van der Waals surface area (Å²) in [6.07, 6.45) is -2.26. The van der Waals surface area contributed by atoms with Gasteiger partial charge in [0.05, 0.1) is 22.0 Å². The van der Waals surface area contributed by atoms with Gasteiger partial charge in [-0.1, -0.05) is 11.6 Å². The summed E-state index contributed by atoms with van der Waals surface area (Å²) in [6.45, 7) is 1.39. The molecule has 6 rings (SSSR count). The van der Waals surface area contributed by atoms with Gasteiger partial charge in [-0.3, -0.25) is 28.9 Å². The number of Topliss-reactive ketones (excluding diaryl/α,β-unsaturated/α-hetero) is 2. The van der Waals surface area contributed by atoms with E-state index in [2.05, 4.69) is 20.7 Å². The minimum absolute atomic E-state index is 0.0120. The Morgan fingerprint density at radius 1 is 1.02 bits per heavy atom. The minimum Gasteiger partial charge on any atom is -0.508 e. The van der Waals surface area contributed by atoms with Gasteiger partial charge in [-0.15, -0.1) is 13.2 Å². The van der Waals surface area contributed by atoms with Crippen LogP contribution in [0.25, 0.3) is 0 Å². The normalized spacial score (nSPS) is 25.2. The molecule has 2 aromatic carbocycles. The van der Waals surface area contributed by atoms with Crippen molar-refractivity contribution in [3.05, 3.63) is 86.9 Å². The number of imide groups is 1. The van der Waals surface area contributed by atoms with E-state index in [1.54, 1.807) is 6.08 Å². The maximum Gasteiger partial charge on any atom is 0.573 e. The standard InChI is InChI=1S/C31H21BrF3NO7/c1-13(37)14-2-4-15(5-3-14)36-29(41)18-8-7-17-19(26(18)30(36)42)11-21-27(24(39)12-22(32)28(21)40)25(17)20-10-16(6-9-23(20)38)43-31(33,34)35/h2-7,9-10,12,18-19,25-26,38H,8,11H2,1H3. The molecular formula is C31H21BrF3NO7. The van der Waals surface area contributed by atoms with Gasteiger partial charge in [-0.25, -0.2) is 0 Å². The maximum absolute atomic E-state index is 13.9. The second-order valence-corrected chi connectivity index (χ2v) is 11.6. The van der Waals surface area contributed by atoms with Crippen LogP contribution in [0.4, 0.5) is 18.9 Å². The molecule has 220 valence electrons. The topological polar surface area (TPSA) is 118 Å². The molecule has 0 bridgehead atoms. The van der Waals surface area contributed by atoms with Crippen molar-refractivity contribution in [3.63, 3.8) is 0 Å². The summed E-state index contributed by atoms with van der Waals surface area (Å²) in [4.78, 5) is 67.0. The summed E-state index contributed by atoms with van der Waals surface area (Å²) in [6, 6.07) is 8.90. The molecule has 1 aliphatic heterocycles. The highest BCUT2D eigenvalue weighted by atomic mass is 79.9. The number of nitrogens with zero attached hydrogens (tertiary/aromatic N) is 1. The number of anilines is 1. The number of halogens is 4. The number of hydrogen-bond acceptors (Lipinski definition) is 7. The number of carbonyl (C=O) groups is 5. The maximum atomic E-state index is 13.9. The lowest BCUT2D eigenvalue weighted by atomic mass is 9.59. The Morgan fingerprint density at radius 2 is 1.72 bits per heavy atom. The number of ketones is 3. The van der Waals surface area contributed by atoms with Crippen LogP contribution in [0.5, 0.6) is 11.5 Å². The van der Waals surface area contributed by atoms with E-state index in [-0.39, 0.29) is 45.5 Å². The van der Waals surface area contributed by atoms with Crippen LogP contribution in [0.15, 0.2) is 75.8 Å². The Balaban J connectivity index is 1.47. The lowest BCUT2D eigenvalue weighted by Gasteiger charge is -2.42. The van der Waals surface area contributed by atoms with E-state index in [0.717, 1.165) is 29.2 Å². The zero-order valence-electron chi connectivity index (χ0n) is 22.3. The van der Waals surface area contributed by atoms with Crippen LogP contribution in [-0.4, -0.2) is 40.6 Å². The fourth-order valence-electron chi connectivity index (χ4n) is 6.62. The van der Waals surface area contributed by atoms with Crippen molar-refractivity contribution in [1.29, 1.82) is 0 Å². The van der Waals surface area contributed by atoms with E-state index in [9.17, 15) is 42.3 Å². The average molecular weight is 656 g/mol. The van der Waals surface area contributed by atoms with Crippen molar-refractivity contribution in [2.75, 3.05) is 4.90 Å². The van der Waals surface area contributed by atoms with Gasteiger partial charge in [0.15, 0.2) is 17.3 Å². The first kappa shape index (κ1) is 28.8. The highest BCUT2D eigenvalue weighted by Crippen LogP contribution is 2.57. The highest BCUT2D eigenvalue weighted by Gasteiger charge is 2.57. The van der Waals surface area contributed by atoms with Crippen molar-refractivity contribution in [2.45, 2.75) is 32.0 Å². The molecule has 4 atom stereocenters. The van der Waals surface area contributed by atoms with E-state index >= 15 is 0 Å². The summed E-state index contributed by atoms with van der Waals surface area (Å²) in [5.41, 5.74) is 1.05. The first-order chi connectivity index (χ1) is 20.3. The number of ether oxygens (including phenoxy) is 1. The molecule has 12 heteroatoms. The van der Waals surface area contributed by atoms with Gasteiger partial charge < -0.3 is 9.84 Å². The molecule has 1 fully saturated rings. The Bertz CT molecular complexity index is 1740. The number of phenols is 1. The lowest BCUT2D eigenvalue weighted by molar-refractivity contribution is -0.274. The highest BCUT2D eigenvalue weighted by molar-refractivity contribution is 9.12. The fraction of sp³-hybridized carbons (Fsp3) is 0.258. The van der Waals surface area contributed by atoms with Gasteiger partial charge in [0.2, 0.25) is 11.8 Å². The molecule has 8 nitrogen and oxygen atoms in total. The number of hydrogen-bond donors (Lipinski definition) is 1. The molecule has 2 amide bonds. The third-order valence-corrected chi connectivity index (χ3v) is 9.00. The van der Waals surface area contributed by atoms with Crippen molar-refractivity contribution < 1.29 is 47.0 Å². The third kappa shape index (κ3) is 4.73. The Morgan fingerprint density at radius 3 is 2.37 bits per heavy atom. The summed E-state index contributed by atoms with van der Waals surface area (Å²) in [7, 11) is 0. The third-order valence-electron chi connectivity index (χ3n) is 8.41. The zero-order chi connectivity index (χ0) is 31.0. The first-order valence-corrected chi connectivity index (χ1v) is 14.0. The Hall–Kier alpha value is -4.32. The van der Waals surface area contributed by atoms with Gasteiger partial charge in [-0.05, 0) is 84.1 Å². The van der Waals surface area contributed by atoms with Crippen molar-refractivity contribution in [2.24, 2.45) is 17.8 Å². The zero-order valence-corrected chi connectivity index (χ0v) is 23.9. The van der Waals surface area contributed by atoms with E-state index in [0.29, 0.717) is 11.1 Å². The van der Waals surface area contributed by atoms with Crippen LogP contribution < -0.4 is 9.64 Å². The number of phenolic OH excluding ortho intramolecular Hbond substituents is 1. The van der Waals surface area contributed by atoms with E-state index in [1.165, 1.54) is 31.2 Å². The number of alkyl halides is 3. The number of benzene rings is 2. The SMILES string of the molecule is CC(=O)c1ccc(N2C(=O)C3CC=C4C(c5cc(OC(F)(F)F)ccc5O)C5=C(CC4C3C2=O)C(=O)C(Br)=CC5=O)cc1. The molecule has 0 spiro atoms. The van der Waals surface area contributed by atoms with Crippen LogP contribution in [0.3, 0.4) is 0 Å². The molecule has 1 heterocycles. The van der Waals surface area contributed by atoms with Crippen LogP contribution in [0.2, 0.25) is 0 Å². The Kier molecular flexibility index (Phi) is 6.79. The Labute approximate surface area is 250 Å². The van der Waals surface area contributed by atoms with E-state index in [4.69, 9.17) is 0 Å². The van der Waals surface area contributed by atoms with Crippen molar-refractivity contribution >= 4 is 50.8 Å². The fourth-order valence-corrected chi connectivity index (χ4v) is 7.07. The summed E-state index contributed by atoms with van der Waals surface area (Å²) < 4.78 is 43.2. The molecule has 0 aromatic heterocycles. The minimum atomic E-state index is -5.03. The van der Waals surface area contributed by atoms with Crippen LogP contribution in [0, 0.1) is 17.8 Å². The number of fused-ring (bicyclic) bond motifs is 3. The van der Waals surface area contributed by atoms with Crippen molar-refractivity contribution in [3.8, 4) is 11.5 Å². The molecule has 4 unspecified atom stereocenters. The summed E-state index contributed by atoms with van der Waals surface area (Å²) in [5.74, 6) is -7.06. The quantitative estimate of drug-likeness (QED) is 0.201. The molecule has 1 N–H and O–H groups in total. The number of allylic oxidation sites excluding steroid dienone is 6. The monoisotopic (exact) mass is 655 g/mol. The van der Waals surface area contributed by atoms with E-state index < -0.39 is 64.9 Å². The van der Waals surface area contributed by atoms with Crippen LogP contribution in [-0.2, 0) is 19.2 Å². The second kappa shape index (κ2) is 10.1. The van der Waals surface area contributed by atoms with Crippen LogP contribution >= 0.6 is 15.9 Å². The van der Waals surface area contributed by atoms with E-state index in [1.807, 2.05) is 0 Å². The molecule has 1 saturated heterocycles. The van der Waals surface area contributed by atoms with Crippen molar-refractivity contribution in [1.82, 2.24) is 0 Å². The van der Waals surface area contributed by atoms with Crippen LogP contribution in [0.1, 0.15) is 41.6 Å². The molecule has 2 aromatic rings. The largest absolute Gasteiger partial charge is 0.573 e. The first-order valence-electron chi connectivity index (χ1n) is 13.2. The second-order valence-electron chi connectivity index (χ2n) is 10.8. The molecule has 3 aliphatic carbocycles. The van der Waals surface area contributed by atoms with Gasteiger partial charge in [0.25, 0.3) is 0 Å². The summed E-state index contributed by atoms with van der Waals surface area (Å²) >= 11 is 3.11. The van der Waals surface area contributed by atoms with Gasteiger partial charge in [0, 0.05) is 34.3 Å². The average Bonchev–Trinajstić information content (AvgIpc) is 3.20. The molecule has 0 saturated carbocycles. The predicted octanol–water partition coefficient (Wildman–Crippen LogP) is 5.46. The number of rotatable bonds is 4. The number of carbonyl (C=O) groups excluding carboxylic acids is 5. The van der Waals surface area contributed by atoms with Gasteiger partial charge in [0.1, 0.15) is 11.5 Å². The molecule has 0 radical (unpaired) electrons. The van der Waals surface area contributed by atoms with Gasteiger partial charge >= 0.3 is 6.36 Å². The number of aromatic hydroxyl groups is 1. The molecule has 43 heavy (non-hydrogen) atoms. The molecule has 4 aliphatic rings.